The van der Waals surface area contributed by atoms with Gasteiger partial charge in [-0.25, -0.2) is 0 Å². The molecule has 0 bridgehead atoms. The van der Waals surface area contributed by atoms with E-state index in [1.807, 2.05) is 27.2 Å². The largest absolute Gasteiger partial charge is 0.756 e. The average Bonchev–Trinajstić information content (AvgIpc) is 3.35. The van der Waals surface area contributed by atoms with Crippen LogP contribution in [0.2, 0.25) is 0 Å². The Morgan fingerprint density at radius 3 is 1.23 bits per heavy atom. The van der Waals surface area contributed by atoms with E-state index in [-0.39, 0.29) is 12.5 Å². The molecule has 0 fully saturated rings. The van der Waals surface area contributed by atoms with Crippen LogP contribution < -0.4 is 10.2 Å². The first-order valence-electron chi connectivity index (χ1n) is 30.8. The van der Waals surface area contributed by atoms with Crippen molar-refractivity contribution in [3.8, 4) is 0 Å². The van der Waals surface area contributed by atoms with Crippen LogP contribution in [0, 0.1) is 0 Å². The fourth-order valence-corrected chi connectivity index (χ4v) is 9.50. The molecule has 73 heavy (non-hydrogen) atoms. The maximum absolute atomic E-state index is 13.0. The molecule has 0 saturated carbocycles. The lowest BCUT2D eigenvalue weighted by atomic mass is 10.0. The zero-order valence-corrected chi connectivity index (χ0v) is 49.5. The van der Waals surface area contributed by atoms with E-state index in [2.05, 4.69) is 79.9 Å². The molecule has 2 N–H and O–H groups in total. The van der Waals surface area contributed by atoms with Gasteiger partial charge in [0, 0.05) is 6.42 Å². The van der Waals surface area contributed by atoms with Gasteiger partial charge in [-0.2, -0.15) is 0 Å². The van der Waals surface area contributed by atoms with Gasteiger partial charge in [-0.05, 0) is 83.5 Å². The van der Waals surface area contributed by atoms with Crippen molar-refractivity contribution in [2.24, 2.45) is 0 Å². The molecule has 0 radical (unpaired) electrons. The van der Waals surface area contributed by atoms with E-state index < -0.39 is 26.6 Å². The second kappa shape index (κ2) is 54.7. The molecule has 0 aliphatic rings. The van der Waals surface area contributed by atoms with Crippen molar-refractivity contribution in [1.82, 2.24) is 5.32 Å². The normalized spacial score (nSPS) is 14.3. The van der Waals surface area contributed by atoms with Crippen LogP contribution in [0.15, 0.2) is 72.9 Å². The molecule has 0 aliphatic heterocycles. The number of aliphatic hydroxyl groups is 1. The van der Waals surface area contributed by atoms with E-state index in [0.29, 0.717) is 17.4 Å². The SMILES string of the molecule is CCCCC/C=C\C/C=C\C/C=C\CCCCCCCCC(=O)NC(COP(=O)([O-])OCC[N+](C)(C)C)C(O)/C=C/CC/C=C/CC/C=C/CCCCCCCCCCCCCCCCCCCCCCCC. The molecule has 0 aliphatic carbocycles. The number of carbonyl (C=O) groups is 1. The number of amides is 1. The maximum Gasteiger partial charge on any atom is 0.268 e. The Bertz CT molecular complexity index is 1420. The molecular weight excluding hydrogens is 924 g/mol. The molecular formula is C64H119N2O6P. The van der Waals surface area contributed by atoms with Gasteiger partial charge in [0.05, 0.1) is 39.9 Å². The third-order valence-corrected chi connectivity index (χ3v) is 14.6. The van der Waals surface area contributed by atoms with Crippen LogP contribution >= 0.6 is 7.82 Å². The number of quaternary nitrogens is 1. The first kappa shape index (κ1) is 70.9. The second-order valence-electron chi connectivity index (χ2n) is 22.0. The van der Waals surface area contributed by atoms with Crippen molar-refractivity contribution in [2.45, 2.75) is 289 Å². The Kier molecular flexibility index (Phi) is 53.2. The number of rotatable bonds is 56. The van der Waals surface area contributed by atoms with E-state index in [9.17, 15) is 19.4 Å². The smallest absolute Gasteiger partial charge is 0.268 e. The minimum atomic E-state index is -4.62. The zero-order chi connectivity index (χ0) is 53.5. The van der Waals surface area contributed by atoms with E-state index in [0.717, 1.165) is 70.6 Å². The van der Waals surface area contributed by atoms with Crippen LogP contribution in [0.5, 0.6) is 0 Å². The summed E-state index contributed by atoms with van der Waals surface area (Å²) in [4.78, 5) is 25.5. The molecule has 3 unspecified atom stereocenters. The van der Waals surface area contributed by atoms with Gasteiger partial charge in [0.2, 0.25) is 5.91 Å². The summed E-state index contributed by atoms with van der Waals surface area (Å²) < 4.78 is 23.3. The molecule has 3 atom stereocenters. The molecule has 9 heteroatoms. The molecule has 0 aromatic heterocycles. The molecule has 0 rings (SSSR count). The van der Waals surface area contributed by atoms with Gasteiger partial charge in [0.1, 0.15) is 13.2 Å². The number of unbranched alkanes of at least 4 members (excludes halogenated alkanes) is 33. The minimum absolute atomic E-state index is 0.0147. The summed E-state index contributed by atoms with van der Waals surface area (Å²) in [5.74, 6) is -0.224. The maximum atomic E-state index is 13.0. The molecule has 1 amide bonds. The number of hydrogen-bond acceptors (Lipinski definition) is 6. The number of likely N-dealkylation sites (N-methyl/N-ethyl adjacent to an activating group) is 1. The van der Waals surface area contributed by atoms with Crippen molar-refractivity contribution in [2.75, 3.05) is 40.9 Å². The predicted molar refractivity (Wildman–Crippen MR) is 316 cm³/mol. The number of phosphoric acid groups is 1. The highest BCUT2D eigenvalue weighted by Crippen LogP contribution is 2.38. The Morgan fingerprint density at radius 1 is 0.479 bits per heavy atom. The molecule has 0 heterocycles. The minimum Gasteiger partial charge on any atom is -0.756 e. The van der Waals surface area contributed by atoms with Gasteiger partial charge in [0.15, 0.2) is 0 Å². The summed E-state index contributed by atoms with van der Waals surface area (Å²) in [6, 6.07) is -0.922. The Hall–Kier alpha value is -2.06. The third-order valence-electron chi connectivity index (χ3n) is 13.6. The van der Waals surface area contributed by atoms with Crippen LogP contribution in [-0.2, 0) is 18.4 Å². The third kappa shape index (κ3) is 57.5. The molecule has 0 aromatic rings. The van der Waals surface area contributed by atoms with Crippen LogP contribution in [0.25, 0.3) is 0 Å². The molecule has 8 nitrogen and oxygen atoms in total. The number of carbonyl (C=O) groups excluding carboxylic acids is 1. The number of nitrogens with zero attached hydrogens (tertiary/aromatic N) is 1. The van der Waals surface area contributed by atoms with Crippen molar-refractivity contribution in [3.63, 3.8) is 0 Å². The standard InChI is InChI=1S/C64H119N2O6P/c1-6-8-10-12-14-16-18-20-22-24-26-27-28-29-30-31-32-33-34-35-36-37-38-40-41-43-45-47-49-51-53-55-57-63(67)62(61-72-73(69,70)71-60-59-66(3,4)5)65-64(68)58-56-54-52-50-48-46-44-42-39-25-23-21-19-17-15-13-11-9-7-2/h15,17,21,23,39-42,47,49,55,57,62-63,67H,6-14,16,18-20,22,24-38,43-46,48,50-54,56,58-61H2,1-5H3,(H-,65,68,69,70)/b17-15-,23-21-,41-40+,42-39-,49-47+,57-55+. The first-order valence-corrected chi connectivity index (χ1v) is 32.3. The summed E-state index contributed by atoms with van der Waals surface area (Å²) in [6.45, 7) is 4.60. The van der Waals surface area contributed by atoms with Crippen LogP contribution in [0.4, 0.5) is 0 Å². The zero-order valence-electron chi connectivity index (χ0n) is 48.6. The van der Waals surface area contributed by atoms with Crippen LogP contribution in [-0.4, -0.2) is 68.5 Å². The summed E-state index contributed by atoms with van der Waals surface area (Å²) in [6.07, 6.45) is 75.8. The van der Waals surface area contributed by atoms with Crippen molar-refractivity contribution < 1.29 is 32.9 Å². The van der Waals surface area contributed by atoms with Gasteiger partial charge >= 0.3 is 0 Å². The Labute approximate surface area is 453 Å². The fraction of sp³-hybridized carbons (Fsp3) is 0.797. The predicted octanol–water partition coefficient (Wildman–Crippen LogP) is 18.4. The number of aliphatic hydroxyl groups excluding tert-OH is 1. The van der Waals surface area contributed by atoms with Gasteiger partial charge < -0.3 is 28.8 Å². The second-order valence-corrected chi connectivity index (χ2v) is 23.4. The van der Waals surface area contributed by atoms with E-state index >= 15 is 0 Å². The first-order chi connectivity index (χ1) is 35.5. The lowest BCUT2D eigenvalue weighted by Crippen LogP contribution is -2.45. The van der Waals surface area contributed by atoms with Crippen molar-refractivity contribution >= 4 is 13.7 Å². The lowest BCUT2D eigenvalue weighted by Gasteiger charge is -2.29. The molecule has 0 spiro atoms. The van der Waals surface area contributed by atoms with Crippen molar-refractivity contribution in [1.29, 1.82) is 0 Å². The van der Waals surface area contributed by atoms with Crippen LogP contribution in [0.1, 0.15) is 277 Å². The summed E-state index contributed by atoms with van der Waals surface area (Å²) in [7, 11) is 1.22. The highest BCUT2D eigenvalue weighted by molar-refractivity contribution is 7.45. The molecule has 0 aromatic carbocycles. The Balaban J connectivity index is 4.21. The number of phosphoric ester groups is 1. The van der Waals surface area contributed by atoms with Gasteiger partial charge in [-0.15, -0.1) is 0 Å². The van der Waals surface area contributed by atoms with E-state index in [4.69, 9.17) is 9.05 Å². The fourth-order valence-electron chi connectivity index (χ4n) is 8.78. The van der Waals surface area contributed by atoms with Crippen molar-refractivity contribution in [3.05, 3.63) is 72.9 Å². The van der Waals surface area contributed by atoms with Gasteiger partial charge in [-0.1, -0.05) is 260 Å². The van der Waals surface area contributed by atoms with E-state index in [1.165, 1.54) is 186 Å². The number of nitrogens with one attached hydrogen (secondary N) is 1. The highest BCUT2D eigenvalue weighted by atomic mass is 31.2. The van der Waals surface area contributed by atoms with E-state index in [1.54, 1.807) is 6.08 Å². The molecule has 426 valence electrons. The quantitative estimate of drug-likeness (QED) is 0.0272. The summed E-state index contributed by atoms with van der Waals surface area (Å²) in [5.41, 5.74) is 0. The summed E-state index contributed by atoms with van der Waals surface area (Å²) in [5, 5.41) is 13.9. The average molecular weight is 1040 g/mol. The lowest BCUT2D eigenvalue weighted by molar-refractivity contribution is -0.870. The number of hydrogen-bond donors (Lipinski definition) is 2. The number of allylic oxidation sites excluding steroid dienone is 11. The highest BCUT2D eigenvalue weighted by Gasteiger charge is 2.23. The topological polar surface area (TPSA) is 108 Å². The summed E-state index contributed by atoms with van der Waals surface area (Å²) >= 11 is 0. The Morgan fingerprint density at radius 2 is 0.808 bits per heavy atom. The van der Waals surface area contributed by atoms with Gasteiger partial charge in [-0.3, -0.25) is 9.36 Å². The monoisotopic (exact) mass is 1040 g/mol. The molecule has 0 saturated heterocycles. The van der Waals surface area contributed by atoms with Crippen LogP contribution in [0.3, 0.4) is 0 Å². The van der Waals surface area contributed by atoms with Gasteiger partial charge in [0.25, 0.3) is 7.82 Å².